The van der Waals surface area contributed by atoms with Gasteiger partial charge in [0.2, 0.25) is 5.78 Å². The standard InChI is InChI=1S/C13H11FN2O2/c1-18-12-4-3-9(7-10(12)14)8-11(17)13-15-5-2-6-16-13/h2-7H,8H2,1H3. The third-order valence-electron chi connectivity index (χ3n) is 2.40. The Hall–Kier alpha value is -2.30. The number of hydrogen-bond acceptors (Lipinski definition) is 4. The minimum absolute atomic E-state index is 0.0604. The fraction of sp³-hybridized carbons (Fsp3) is 0.154. The van der Waals surface area contributed by atoms with E-state index in [9.17, 15) is 9.18 Å². The van der Waals surface area contributed by atoms with Gasteiger partial charge < -0.3 is 4.74 Å². The lowest BCUT2D eigenvalue weighted by molar-refractivity contribution is 0.0983. The molecular formula is C13H11FN2O2. The minimum Gasteiger partial charge on any atom is -0.494 e. The SMILES string of the molecule is COc1ccc(CC(=O)c2ncccn2)cc1F. The molecule has 0 saturated heterocycles. The summed E-state index contributed by atoms with van der Waals surface area (Å²) in [6.45, 7) is 0. The molecule has 0 unspecified atom stereocenters. The molecule has 0 atom stereocenters. The molecule has 0 amide bonds. The predicted molar refractivity (Wildman–Crippen MR) is 63.0 cm³/mol. The predicted octanol–water partition coefficient (Wildman–Crippen LogP) is 2.05. The van der Waals surface area contributed by atoms with Crippen molar-refractivity contribution in [1.29, 1.82) is 0 Å². The van der Waals surface area contributed by atoms with Crippen molar-refractivity contribution in [1.82, 2.24) is 9.97 Å². The second-order valence-corrected chi connectivity index (χ2v) is 3.64. The third kappa shape index (κ3) is 2.68. The Labute approximate surface area is 103 Å². The smallest absolute Gasteiger partial charge is 0.204 e. The molecule has 1 aromatic heterocycles. The molecule has 0 saturated carbocycles. The topological polar surface area (TPSA) is 52.1 Å². The van der Waals surface area contributed by atoms with Gasteiger partial charge in [0, 0.05) is 18.8 Å². The van der Waals surface area contributed by atoms with Crippen molar-refractivity contribution in [3.05, 3.63) is 53.9 Å². The number of hydrogen-bond donors (Lipinski definition) is 0. The molecule has 0 bridgehead atoms. The van der Waals surface area contributed by atoms with Gasteiger partial charge in [-0.05, 0) is 23.8 Å². The second kappa shape index (κ2) is 5.35. The van der Waals surface area contributed by atoms with Crippen molar-refractivity contribution >= 4 is 5.78 Å². The number of benzene rings is 1. The van der Waals surface area contributed by atoms with Crippen LogP contribution in [0.25, 0.3) is 0 Å². The van der Waals surface area contributed by atoms with E-state index in [1.54, 1.807) is 12.1 Å². The number of nitrogens with zero attached hydrogens (tertiary/aromatic N) is 2. The van der Waals surface area contributed by atoms with E-state index in [2.05, 4.69) is 9.97 Å². The summed E-state index contributed by atoms with van der Waals surface area (Å²) >= 11 is 0. The lowest BCUT2D eigenvalue weighted by atomic mass is 10.1. The van der Waals surface area contributed by atoms with Crippen molar-refractivity contribution in [3.8, 4) is 5.75 Å². The molecule has 2 rings (SSSR count). The van der Waals surface area contributed by atoms with Gasteiger partial charge in [0.25, 0.3) is 0 Å². The first kappa shape index (κ1) is 12.2. The van der Waals surface area contributed by atoms with Crippen LogP contribution in [-0.2, 0) is 6.42 Å². The van der Waals surface area contributed by atoms with E-state index in [1.807, 2.05) is 0 Å². The first-order valence-electron chi connectivity index (χ1n) is 5.33. The van der Waals surface area contributed by atoms with Crippen LogP contribution in [0.15, 0.2) is 36.7 Å². The molecule has 0 fully saturated rings. The van der Waals surface area contributed by atoms with E-state index in [0.717, 1.165) is 0 Å². The molecule has 0 aliphatic heterocycles. The highest BCUT2D eigenvalue weighted by molar-refractivity contribution is 5.93. The van der Waals surface area contributed by atoms with Gasteiger partial charge in [0.1, 0.15) is 0 Å². The van der Waals surface area contributed by atoms with Crippen LogP contribution in [0.1, 0.15) is 16.2 Å². The number of aromatic nitrogens is 2. The number of methoxy groups -OCH3 is 1. The van der Waals surface area contributed by atoms with Gasteiger partial charge in [0.15, 0.2) is 17.4 Å². The highest BCUT2D eigenvalue weighted by Gasteiger charge is 2.11. The lowest BCUT2D eigenvalue weighted by Crippen LogP contribution is -2.08. The van der Waals surface area contributed by atoms with Gasteiger partial charge >= 0.3 is 0 Å². The van der Waals surface area contributed by atoms with Gasteiger partial charge in [-0.15, -0.1) is 0 Å². The summed E-state index contributed by atoms with van der Waals surface area (Å²) < 4.78 is 18.2. The summed E-state index contributed by atoms with van der Waals surface area (Å²) in [7, 11) is 1.39. The van der Waals surface area contributed by atoms with Gasteiger partial charge in [-0.1, -0.05) is 6.07 Å². The monoisotopic (exact) mass is 246 g/mol. The molecule has 1 aromatic carbocycles. The van der Waals surface area contributed by atoms with Crippen LogP contribution in [0.5, 0.6) is 5.75 Å². The summed E-state index contributed by atoms with van der Waals surface area (Å²) in [5.41, 5.74) is 0.561. The number of ketones is 1. The third-order valence-corrected chi connectivity index (χ3v) is 2.40. The van der Waals surface area contributed by atoms with Crippen molar-refractivity contribution in [2.24, 2.45) is 0 Å². The Bertz CT molecular complexity index is 558. The molecule has 0 N–H and O–H groups in total. The largest absolute Gasteiger partial charge is 0.494 e. The summed E-state index contributed by atoms with van der Waals surface area (Å²) in [5.74, 6) is -0.451. The highest BCUT2D eigenvalue weighted by atomic mass is 19.1. The summed E-state index contributed by atoms with van der Waals surface area (Å²) in [6, 6.07) is 6.04. The minimum atomic E-state index is -0.489. The Kier molecular flexibility index (Phi) is 3.62. The average molecular weight is 246 g/mol. The number of ether oxygens (including phenoxy) is 1. The summed E-state index contributed by atoms with van der Waals surface area (Å²) in [6.07, 6.45) is 3.05. The maximum Gasteiger partial charge on any atom is 0.204 e. The molecule has 1 heterocycles. The zero-order valence-electron chi connectivity index (χ0n) is 9.76. The Balaban J connectivity index is 2.15. The number of Topliss-reactive ketones (excluding diaryl/α,β-unsaturated/α-hetero) is 1. The van der Waals surface area contributed by atoms with Crippen LogP contribution in [0.2, 0.25) is 0 Å². The molecule has 0 aliphatic carbocycles. The van der Waals surface area contributed by atoms with Crippen LogP contribution in [0, 0.1) is 5.82 Å². The molecular weight excluding hydrogens is 235 g/mol. The first-order valence-corrected chi connectivity index (χ1v) is 5.33. The molecule has 92 valence electrons. The van der Waals surface area contributed by atoms with Crippen molar-refractivity contribution in [2.75, 3.05) is 7.11 Å². The molecule has 4 nitrogen and oxygen atoms in total. The van der Waals surface area contributed by atoms with Crippen LogP contribution in [0.4, 0.5) is 4.39 Å². The number of carbonyl (C=O) groups excluding carboxylic acids is 1. The van der Waals surface area contributed by atoms with Crippen molar-refractivity contribution in [2.45, 2.75) is 6.42 Å². The van der Waals surface area contributed by atoms with E-state index in [0.29, 0.717) is 5.56 Å². The van der Waals surface area contributed by atoms with Gasteiger partial charge in [0.05, 0.1) is 7.11 Å². The number of rotatable bonds is 4. The normalized spacial score (nSPS) is 10.1. The van der Waals surface area contributed by atoms with Gasteiger partial charge in [-0.25, -0.2) is 14.4 Å². The maximum absolute atomic E-state index is 13.4. The molecule has 2 aromatic rings. The Morgan fingerprint density at radius 1 is 1.33 bits per heavy atom. The van der Waals surface area contributed by atoms with E-state index >= 15 is 0 Å². The zero-order valence-corrected chi connectivity index (χ0v) is 9.76. The maximum atomic E-state index is 13.4. The van der Waals surface area contributed by atoms with E-state index in [1.165, 1.54) is 31.6 Å². The van der Waals surface area contributed by atoms with Gasteiger partial charge in [-0.2, -0.15) is 0 Å². The van der Waals surface area contributed by atoms with Crippen molar-refractivity contribution < 1.29 is 13.9 Å². The molecule has 0 radical (unpaired) electrons. The van der Waals surface area contributed by atoms with Crippen molar-refractivity contribution in [3.63, 3.8) is 0 Å². The van der Waals surface area contributed by atoms with E-state index < -0.39 is 5.82 Å². The molecule has 5 heteroatoms. The Morgan fingerprint density at radius 2 is 2.06 bits per heavy atom. The number of carbonyl (C=O) groups is 1. The zero-order chi connectivity index (χ0) is 13.0. The van der Waals surface area contributed by atoms with Gasteiger partial charge in [-0.3, -0.25) is 4.79 Å². The van der Waals surface area contributed by atoms with Crippen LogP contribution < -0.4 is 4.74 Å². The van der Waals surface area contributed by atoms with E-state index in [4.69, 9.17) is 4.74 Å². The second-order valence-electron chi connectivity index (χ2n) is 3.64. The van der Waals surface area contributed by atoms with E-state index in [-0.39, 0.29) is 23.8 Å². The fourth-order valence-electron chi connectivity index (χ4n) is 1.53. The fourth-order valence-corrected chi connectivity index (χ4v) is 1.53. The molecule has 18 heavy (non-hydrogen) atoms. The highest BCUT2D eigenvalue weighted by Crippen LogP contribution is 2.18. The quantitative estimate of drug-likeness (QED) is 0.775. The average Bonchev–Trinajstić information content (AvgIpc) is 2.40. The summed E-state index contributed by atoms with van der Waals surface area (Å²) in [4.78, 5) is 19.5. The lowest BCUT2D eigenvalue weighted by Gasteiger charge is -2.04. The van der Waals surface area contributed by atoms with Crippen LogP contribution >= 0.6 is 0 Å². The van der Waals surface area contributed by atoms with Crippen LogP contribution in [0.3, 0.4) is 0 Å². The first-order chi connectivity index (χ1) is 8.70. The van der Waals surface area contributed by atoms with Crippen LogP contribution in [-0.4, -0.2) is 22.9 Å². The Morgan fingerprint density at radius 3 is 2.67 bits per heavy atom. The summed E-state index contributed by atoms with van der Waals surface area (Å²) in [5, 5.41) is 0. The molecule has 0 spiro atoms. The molecule has 0 aliphatic rings. The number of halogens is 1.